The van der Waals surface area contributed by atoms with Gasteiger partial charge in [-0.2, -0.15) is 0 Å². The number of pyridine rings is 1. The Balaban J connectivity index is 2.42. The van der Waals surface area contributed by atoms with Gasteiger partial charge in [-0.15, -0.1) is 0 Å². The van der Waals surface area contributed by atoms with E-state index in [0.717, 1.165) is 22.3 Å². The van der Waals surface area contributed by atoms with Gasteiger partial charge in [-0.1, -0.05) is 17.7 Å². The van der Waals surface area contributed by atoms with Crippen molar-refractivity contribution in [3.05, 3.63) is 64.5 Å². The Kier molecular flexibility index (Phi) is 4.53. The highest BCUT2D eigenvalue weighted by Crippen LogP contribution is 2.34. The molecule has 0 bridgehead atoms. The van der Waals surface area contributed by atoms with E-state index in [2.05, 4.69) is 24.0 Å². The molecule has 3 nitrogen and oxygen atoms in total. The van der Waals surface area contributed by atoms with Gasteiger partial charge >= 0.3 is 0 Å². The maximum Gasteiger partial charge on any atom is 0.0875 e. The summed E-state index contributed by atoms with van der Waals surface area (Å²) in [5.41, 5.74) is 11.3. The molecule has 1 aromatic heterocycles. The molecule has 2 rings (SSSR count). The van der Waals surface area contributed by atoms with Crippen LogP contribution >= 0.6 is 0 Å². The van der Waals surface area contributed by atoms with Crippen LogP contribution in [0.3, 0.4) is 0 Å². The van der Waals surface area contributed by atoms with Crippen LogP contribution in [0.15, 0.2) is 36.7 Å². The maximum atomic E-state index is 10.8. The van der Waals surface area contributed by atoms with Crippen LogP contribution in [0, 0.1) is 20.8 Å². The van der Waals surface area contributed by atoms with E-state index in [1.807, 2.05) is 26.0 Å². The minimum atomic E-state index is -0.594. The lowest BCUT2D eigenvalue weighted by Crippen LogP contribution is -2.21. The van der Waals surface area contributed by atoms with Gasteiger partial charge in [0.15, 0.2) is 0 Å². The van der Waals surface area contributed by atoms with Gasteiger partial charge in [-0.3, -0.25) is 4.98 Å². The number of nitrogens with two attached hydrogens (primary N) is 1. The summed E-state index contributed by atoms with van der Waals surface area (Å²) in [6, 6.07) is 8.04. The first-order chi connectivity index (χ1) is 9.54. The highest BCUT2D eigenvalue weighted by atomic mass is 16.3. The fourth-order valence-electron chi connectivity index (χ4n) is 2.92. The van der Waals surface area contributed by atoms with Gasteiger partial charge in [-0.25, -0.2) is 0 Å². The van der Waals surface area contributed by atoms with Crippen molar-refractivity contribution >= 4 is 0 Å². The molecule has 1 aromatic carbocycles. The van der Waals surface area contributed by atoms with Crippen LogP contribution in [0.1, 0.15) is 39.8 Å². The summed E-state index contributed by atoms with van der Waals surface area (Å²) in [7, 11) is 0. The predicted molar refractivity (Wildman–Crippen MR) is 81.6 cm³/mol. The van der Waals surface area contributed by atoms with Gasteiger partial charge < -0.3 is 10.8 Å². The summed E-state index contributed by atoms with van der Waals surface area (Å²) in [6.45, 7) is 6.55. The predicted octanol–water partition coefficient (Wildman–Crippen LogP) is 2.78. The van der Waals surface area contributed by atoms with E-state index in [4.69, 9.17) is 5.73 Å². The van der Waals surface area contributed by atoms with E-state index in [-0.39, 0.29) is 5.92 Å². The molecule has 0 saturated heterocycles. The standard InChI is InChI=1S/C17H22N2O/c1-11-8-12(2)16(13(3)9-11)17(20)15(10-18)14-4-6-19-7-5-14/h4-9,15,17,20H,10,18H2,1-3H3. The van der Waals surface area contributed by atoms with E-state index in [1.165, 1.54) is 5.56 Å². The lowest BCUT2D eigenvalue weighted by atomic mass is 9.85. The van der Waals surface area contributed by atoms with Gasteiger partial charge in [0.25, 0.3) is 0 Å². The van der Waals surface area contributed by atoms with Gasteiger partial charge in [0.1, 0.15) is 0 Å². The first kappa shape index (κ1) is 14.7. The molecular weight excluding hydrogens is 248 g/mol. The topological polar surface area (TPSA) is 59.1 Å². The molecule has 20 heavy (non-hydrogen) atoms. The van der Waals surface area contributed by atoms with Crippen molar-refractivity contribution in [3.8, 4) is 0 Å². The second-order valence-electron chi connectivity index (χ2n) is 5.38. The molecule has 1 heterocycles. The molecular formula is C17H22N2O. The van der Waals surface area contributed by atoms with Crippen molar-refractivity contribution in [2.75, 3.05) is 6.54 Å². The molecule has 2 unspecified atom stereocenters. The first-order valence-corrected chi connectivity index (χ1v) is 6.90. The van der Waals surface area contributed by atoms with Gasteiger partial charge in [0.05, 0.1) is 6.10 Å². The van der Waals surface area contributed by atoms with Crippen LogP contribution in [0.2, 0.25) is 0 Å². The average Bonchev–Trinajstić information content (AvgIpc) is 2.39. The number of aryl methyl sites for hydroxylation is 3. The summed E-state index contributed by atoms with van der Waals surface area (Å²) >= 11 is 0. The van der Waals surface area contributed by atoms with Crippen molar-refractivity contribution < 1.29 is 5.11 Å². The second-order valence-corrected chi connectivity index (χ2v) is 5.38. The van der Waals surface area contributed by atoms with Crippen LogP contribution in [-0.2, 0) is 0 Å². The summed E-state index contributed by atoms with van der Waals surface area (Å²) in [4.78, 5) is 4.02. The Bertz CT molecular complexity index is 558. The van der Waals surface area contributed by atoms with E-state index in [1.54, 1.807) is 12.4 Å². The zero-order valence-corrected chi connectivity index (χ0v) is 12.3. The molecule has 3 N–H and O–H groups in total. The van der Waals surface area contributed by atoms with Gasteiger partial charge in [0.2, 0.25) is 0 Å². The molecule has 0 fully saturated rings. The summed E-state index contributed by atoms with van der Waals surface area (Å²) < 4.78 is 0. The SMILES string of the molecule is Cc1cc(C)c(C(O)C(CN)c2ccncc2)c(C)c1. The van der Waals surface area contributed by atoms with Gasteiger partial charge in [-0.05, 0) is 55.2 Å². The Labute approximate surface area is 120 Å². The number of hydrogen-bond acceptors (Lipinski definition) is 3. The largest absolute Gasteiger partial charge is 0.388 e. The first-order valence-electron chi connectivity index (χ1n) is 6.90. The van der Waals surface area contributed by atoms with Crippen molar-refractivity contribution in [2.24, 2.45) is 5.73 Å². The third-order valence-electron chi connectivity index (χ3n) is 3.80. The lowest BCUT2D eigenvalue weighted by molar-refractivity contribution is 0.146. The van der Waals surface area contributed by atoms with Crippen LogP contribution in [0.4, 0.5) is 0 Å². The smallest absolute Gasteiger partial charge is 0.0875 e. The Morgan fingerprint density at radius 1 is 1.10 bits per heavy atom. The number of aliphatic hydroxyl groups excluding tert-OH is 1. The van der Waals surface area contributed by atoms with Crippen molar-refractivity contribution in [2.45, 2.75) is 32.8 Å². The van der Waals surface area contributed by atoms with Crippen LogP contribution < -0.4 is 5.73 Å². The summed E-state index contributed by atoms with van der Waals surface area (Å²) in [6.07, 6.45) is 2.88. The molecule has 2 atom stereocenters. The number of aromatic nitrogens is 1. The van der Waals surface area contributed by atoms with E-state index < -0.39 is 6.10 Å². The fourth-order valence-corrected chi connectivity index (χ4v) is 2.92. The third kappa shape index (κ3) is 2.89. The molecule has 0 aliphatic heterocycles. The molecule has 0 saturated carbocycles. The second kappa shape index (κ2) is 6.16. The van der Waals surface area contributed by atoms with Crippen molar-refractivity contribution in [3.63, 3.8) is 0 Å². The van der Waals surface area contributed by atoms with Crippen molar-refractivity contribution in [1.29, 1.82) is 0 Å². The van der Waals surface area contributed by atoms with Crippen LogP contribution in [0.25, 0.3) is 0 Å². The molecule has 0 spiro atoms. The lowest BCUT2D eigenvalue weighted by Gasteiger charge is -2.25. The van der Waals surface area contributed by atoms with Gasteiger partial charge in [0, 0.05) is 24.9 Å². The zero-order valence-electron chi connectivity index (χ0n) is 12.3. The highest BCUT2D eigenvalue weighted by molar-refractivity contribution is 5.40. The average molecular weight is 270 g/mol. The number of benzene rings is 1. The van der Waals surface area contributed by atoms with Crippen LogP contribution in [-0.4, -0.2) is 16.6 Å². The summed E-state index contributed by atoms with van der Waals surface area (Å²) in [5, 5.41) is 10.8. The molecule has 0 aliphatic rings. The fraction of sp³-hybridized carbons (Fsp3) is 0.353. The Hall–Kier alpha value is -1.71. The molecule has 106 valence electrons. The number of nitrogens with zero attached hydrogens (tertiary/aromatic N) is 1. The molecule has 0 aliphatic carbocycles. The van der Waals surface area contributed by atoms with Crippen LogP contribution in [0.5, 0.6) is 0 Å². The number of rotatable bonds is 4. The normalized spacial score (nSPS) is 14.1. The molecule has 3 heteroatoms. The van der Waals surface area contributed by atoms with E-state index in [0.29, 0.717) is 6.54 Å². The number of aliphatic hydroxyl groups is 1. The maximum absolute atomic E-state index is 10.8. The Morgan fingerprint density at radius 3 is 2.15 bits per heavy atom. The molecule has 2 aromatic rings. The third-order valence-corrected chi connectivity index (χ3v) is 3.80. The zero-order chi connectivity index (χ0) is 14.7. The highest BCUT2D eigenvalue weighted by Gasteiger charge is 2.24. The molecule has 0 radical (unpaired) electrons. The monoisotopic (exact) mass is 270 g/mol. The quantitative estimate of drug-likeness (QED) is 0.898. The minimum absolute atomic E-state index is 0.113. The van der Waals surface area contributed by atoms with Crippen molar-refractivity contribution in [1.82, 2.24) is 4.98 Å². The van der Waals surface area contributed by atoms with E-state index in [9.17, 15) is 5.11 Å². The molecule has 0 amide bonds. The summed E-state index contributed by atoms with van der Waals surface area (Å²) in [5.74, 6) is -0.113. The van der Waals surface area contributed by atoms with E-state index >= 15 is 0 Å². The minimum Gasteiger partial charge on any atom is -0.388 e. The Morgan fingerprint density at radius 2 is 1.65 bits per heavy atom. The number of hydrogen-bond donors (Lipinski definition) is 2.